The zero-order valence-electron chi connectivity index (χ0n) is 69.6. The smallest absolute Gasteiger partial charge is 0.143 e. The molecule has 0 bridgehead atoms. The number of rotatable bonds is 8. The van der Waals surface area contributed by atoms with Gasteiger partial charge in [-0.15, -0.1) is 0 Å². The second-order valence-corrected chi connectivity index (χ2v) is 34.3. The van der Waals surface area contributed by atoms with E-state index < -0.39 is 0 Å². The lowest BCUT2D eigenvalue weighted by Crippen LogP contribution is -1.96. The molecule has 26 aromatic rings. The molecule has 0 unspecified atom stereocenters. The van der Waals surface area contributed by atoms with E-state index in [1.165, 1.54) is 237 Å². The van der Waals surface area contributed by atoms with E-state index >= 15 is 0 Å². The van der Waals surface area contributed by atoms with E-state index in [1.807, 2.05) is 0 Å². The van der Waals surface area contributed by atoms with Gasteiger partial charge in [0.15, 0.2) is 0 Å². The highest BCUT2D eigenvalue weighted by Crippen LogP contribution is 2.55. The molecule has 592 valence electrons. The second kappa shape index (κ2) is 28.3. The Bertz CT molecular complexity index is 9120. The Balaban J connectivity index is 0.0000000995. The second-order valence-electron chi connectivity index (χ2n) is 34.3. The van der Waals surface area contributed by atoms with Crippen LogP contribution in [0.1, 0.15) is 0 Å². The van der Waals surface area contributed by atoms with Crippen LogP contribution in [0.5, 0.6) is 0 Å². The first-order chi connectivity index (χ1) is 63.5. The average molecular weight is 1620 g/mol. The SMILES string of the molecule is c1cc(-c2cccc3oc4c5ccccc5ccc4c23)cc(-n2c3cccc4c3c3c5c(cccc5ccc32)-c2ccccc2-4)c1.c1ccc(-c2cc(-c3ccccc3)cc(-n3c4cccc5c4c4c6c(cccc6ccc43)-c3ccccc3-5)c2)cc1.c1ccc(-c2ccc(-c3cccc(-n4c5cccc6c5c5c7c(cccc7ccc54)-c4ccccc4-6)c3)cc2)cc1. The van der Waals surface area contributed by atoms with Crippen LogP contribution in [0.15, 0.2) is 459 Å². The number of fused-ring (bicyclic) bond motifs is 14. The van der Waals surface area contributed by atoms with Gasteiger partial charge in [0.25, 0.3) is 0 Å². The van der Waals surface area contributed by atoms with Crippen LogP contribution in [0.4, 0.5) is 0 Å². The zero-order chi connectivity index (χ0) is 83.8. The molecule has 0 spiro atoms. The molecule has 29 rings (SSSR count). The fourth-order valence-corrected chi connectivity index (χ4v) is 22.1. The van der Waals surface area contributed by atoms with Gasteiger partial charge in [-0.3, -0.25) is 0 Å². The maximum absolute atomic E-state index is 6.54. The summed E-state index contributed by atoms with van der Waals surface area (Å²) in [5, 5.41) is 20.5. The van der Waals surface area contributed by atoms with Crippen molar-refractivity contribution in [1.29, 1.82) is 0 Å². The Morgan fingerprint density at radius 3 is 0.891 bits per heavy atom. The molecule has 3 aliphatic rings. The van der Waals surface area contributed by atoms with Gasteiger partial charge >= 0.3 is 0 Å². The number of furan rings is 1. The Morgan fingerprint density at radius 2 is 0.438 bits per heavy atom. The van der Waals surface area contributed by atoms with Crippen LogP contribution in [-0.2, 0) is 0 Å². The van der Waals surface area contributed by atoms with Crippen LogP contribution in [0.3, 0.4) is 0 Å². The van der Waals surface area contributed by atoms with Gasteiger partial charge in [0.1, 0.15) is 11.2 Å². The van der Waals surface area contributed by atoms with Gasteiger partial charge in [0.05, 0.1) is 33.1 Å². The average Bonchev–Trinajstić information content (AvgIpc) is 1.55. The molecule has 0 saturated carbocycles. The highest BCUT2D eigenvalue weighted by molar-refractivity contribution is 6.34. The Labute approximate surface area is 737 Å². The van der Waals surface area contributed by atoms with Crippen molar-refractivity contribution >= 4 is 130 Å². The van der Waals surface area contributed by atoms with E-state index in [0.29, 0.717) is 0 Å². The molecule has 22 aromatic carbocycles. The van der Waals surface area contributed by atoms with Crippen LogP contribution in [0.25, 0.3) is 270 Å². The molecule has 0 N–H and O–H groups in total. The fourth-order valence-electron chi connectivity index (χ4n) is 22.1. The molecule has 4 heterocycles. The van der Waals surface area contributed by atoms with Crippen molar-refractivity contribution in [3.05, 3.63) is 455 Å². The largest absolute Gasteiger partial charge is 0.455 e. The van der Waals surface area contributed by atoms with Gasteiger partial charge in [0, 0.05) is 65.5 Å². The highest BCUT2D eigenvalue weighted by Gasteiger charge is 2.30. The summed E-state index contributed by atoms with van der Waals surface area (Å²) in [7, 11) is 0. The first kappa shape index (κ1) is 71.6. The Hall–Kier alpha value is -16.9. The molecule has 0 aliphatic heterocycles. The van der Waals surface area contributed by atoms with Crippen molar-refractivity contribution in [3.63, 3.8) is 0 Å². The third-order valence-electron chi connectivity index (χ3n) is 27.5. The predicted molar refractivity (Wildman–Crippen MR) is 540 cm³/mol. The first-order valence-electron chi connectivity index (χ1n) is 44.3. The van der Waals surface area contributed by atoms with E-state index in [1.54, 1.807) is 0 Å². The number of hydrogen-bond acceptors (Lipinski definition) is 1. The van der Waals surface area contributed by atoms with Gasteiger partial charge in [-0.25, -0.2) is 0 Å². The standard InChI is InChI=1S/C44H25NO.2C40H25N/c1-2-13-31-26(9-1)21-23-36-41-30(16-8-20-39(41)46-44(31)36)28-11-5-12-29(25-28)45-37-19-7-18-35-33-15-4-3-14-32(33)34-17-6-10-27-22-24-38(45)43(40(27)34)42(35)37;1-3-11-26(12-4-1)29-23-30(27-13-5-2-6-14-27)25-31(24-29)41-36-20-10-19-35-33-17-8-7-16-32(33)34-18-9-15-28-21-22-37(41)40(38(28)34)39(35)36;1-2-9-26(10-3-1)27-19-21-28(22-20-27)30-12-6-13-31(25-30)41-36-18-8-17-35-33-15-5-4-14-32(33)34-16-7-11-29-23-24-37(41)40(38(29)34)39(35)36/h1-25H;2*1-25H. The third-order valence-corrected chi connectivity index (χ3v) is 27.5. The van der Waals surface area contributed by atoms with Gasteiger partial charge in [-0.1, -0.05) is 364 Å². The van der Waals surface area contributed by atoms with Gasteiger partial charge in [0.2, 0.25) is 0 Å². The van der Waals surface area contributed by atoms with Crippen LogP contribution in [-0.4, -0.2) is 13.7 Å². The topological polar surface area (TPSA) is 27.9 Å². The normalized spacial score (nSPS) is 12.1. The van der Waals surface area contributed by atoms with Gasteiger partial charge in [-0.05, 0) is 251 Å². The van der Waals surface area contributed by atoms with Crippen molar-refractivity contribution < 1.29 is 4.42 Å². The van der Waals surface area contributed by atoms with E-state index in [4.69, 9.17) is 4.42 Å². The van der Waals surface area contributed by atoms with Crippen LogP contribution < -0.4 is 0 Å². The summed E-state index contributed by atoms with van der Waals surface area (Å²) in [6, 6.07) is 166. The summed E-state index contributed by atoms with van der Waals surface area (Å²) >= 11 is 0. The molecular weight excluding hydrogens is 1550 g/mol. The third kappa shape index (κ3) is 10.8. The number of nitrogens with zero attached hydrogens (tertiary/aromatic N) is 3. The molecule has 4 nitrogen and oxygen atoms in total. The zero-order valence-corrected chi connectivity index (χ0v) is 69.6. The summed E-state index contributed by atoms with van der Waals surface area (Å²) in [4.78, 5) is 0. The van der Waals surface area contributed by atoms with E-state index in [0.717, 1.165) is 33.0 Å². The summed E-state index contributed by atoms with van der Waals surface area (Å²) in [5.74, 6) is 0. The van der Waals surface area contributed by atoms with Crippen molar-refractivity contribution in [2.75, 3.05) is 0 Å². The maximum atomic E-state index is 6.54. The van der Waals surface area contributed by atoms with Crippen molar-refractivity contribution in [2.45, 2.75) is 0 Å². The number of aromatic nitrogens is 3. The molecule has 0 atom stereocenters. The summed E-state index contributed by atoms with van der Waals surface area (Å²) in [5.41, 5.74) is 40.5. The molecule has 4 aromatic heterocycles. The van der Waals surface area contributed by atoms with Crippen LogP contribution in [0.2, 0.25) is 0 Å². The monoisotopic (exact) mass is 1620 g/mol. The van der Waals surface area contributed by atoms with Crippen LogP contribution >= 0.6 is 0 Å². The van der Waals surface area contributed by atoms with Crippen molar-refractivity contribution in [2.24, 2.45) is 0 Å². The molecule has 128 heavy (non-hydrogen) atoms. The molecular formula is C124H75N3O. The predicted octanol–water partition coefficient (Wildman–Crippen LogP) is 34.1. The van der Waals surface area contributed by atoms with Crippen molar-refractivity contribution in [1.82, 2.24) is 13.7 Å². The lowest BCUT2D eigenvalue weighted by atomic mass is 9.93. The fraction of sp³-hybridized carbons (Fsp3) is 0. The summed E-state index contributed by atoms with van der Waals surface area (Å²) in [6.45, 7) is 0. The Kier molecular flexibility index (Phi) is 15.8. The quantitative estimate of drug-likeness (QED) is 0.149. The molecule has 3 aliphatic carbocycles. The number of hydrogen-bond donors (Lipinski definition) is 0. The first-order valence-corrected chi connectivity index (χ1v) is 44.3. The summed E-state index contributed by atoms with van der Waals surface area (Å²) in [6.07, 6.45) is 0. The minimum absolute atomic E-state index is 0.913. The van der Waals surface area contributed by atoms with E-state index in [9.17, 15) is 0 Å². The van der Waals surface area contributed by atoms with Gasteiger partial charge in [-0.2, -0.15) is 0 Å². The molecule has 0 saturated heterocycles. The minimum Gasteiger partial charge on any atom is -0.455 e. The van der Waals surface area contributed by atoms with E-state index in [-0.39, 0.29) is 0 Å². The van der Waals surface area contributed by atoms with Crippen LogP contribution in [0, 0.1) is 0 Å². The lowest BCUT2D eigenvalue weighted by Gasteiger charge is -2.16. The Morgan fingerprint density at radius 1 is 0.141 bits per heavy atom. The maximum Gasteiger partial charge on any atom is 0.143 e. The molecule has 4 heteroatoms. The van der Waals surface area contributed by atoms with E-state index in [2.05, 4.69) is 469 Å². The molecule has 0 amide bonds. The highest BCUT2D eigenvalue weighted by atomic mass is 16.3. The van der Waals surface area contributed by atoms with Crippen molar-refractivity contribution in [3.8, 4) is 139 Å². The molecule has 0 radical (unpaired) electrons. The molecule has 0 fully saturated rings. The lowest BCUT2D eigenvalue weighted by molar-refractivity contribution is 0.673. The summed E-state index contributed by atoms with van der Waals surface area (Å²) < 4.78 is 13.9. The number of benzene rings is 22. The van der Waals surface area contributed by atoms with Gasteiger partial charge < -0.3 is 18.1 Å². The minimum atomic E-state index is 0.913.